The van der Waals surface area contributed by atoms with E-state index in [1.165, 1.54) is 18.5 Å². The number of carbonyl (C=O) groups excluding carboxylic acids is 1. The van der Waals surface area contributed by atoms with Gasteiger partial charge >= 0.3 is 0 Å². The summed E-state index contributed by atoms with van der Waals surface area (Å²) in [7, 11) is 0. The van der Waals surface area contributed by atoms with E-state index in [1.54, 1.807) is 13.0 Å². The molecule has 0 aliphatic carbocycles. The first-order chi connectivity index (χ1) is 14.1. The number of aromatic nitrogens is 2. The van der Waals surface area contributed by atoms with Gasteiger partial charge in [-0.3, -0.25) is 4.79 Å². The third-order valence-corrected chi connectivity index (χ3v) is 4.56. The number of carbonyl (C=O) groups is 1. The third-order valence-electron chi connectivity index (χ3n) is 4.56. The number of aliphatic hydroxyl groups is 1. The van der Waals surface area contributed by atoms with Crippen molar-refractivity contribution in [3.63, 3.8) is 0 Å². The summed E-state index contributed by atoms with van der Waals surface area (Å²) >= 11 is 0. The number of rotatable bonds is 8. The quantitative estimate of drug-likeness (QED) is 0.612. The third kappa shape index (κ3) is 5.85. The van der Waals surface area contributed by atoms with Crippen molar-refractivity contribution in [2.45, 2.75) is 32.3 Å². The molecule has 2 aromatic rings. The van der Waals surface area contributed by atoms with Crippen molar-refractivity contribution >= 4 is 5.91 Å². The van der Waals surface area contributed by atoms with Crippen LogP contribution in [0.2, 0.25) is 0 Å². The standard InChI is InChI=1S/C20H25FN4O4/c1-13-19(28-15-4-6-22-7-5-15)24-12-25-20(13)29-17-3-2-14(10-16(17)21)11-18(27)23-8-9-26/h2-3,10,12,15,22,26H,4-9,11H2,1H3,(H,23,27). The van der Waals surface area contributed by atoms with E-state index >= 15 is 0 Å². The number of hydrogen-bond acceptors (Lipinski definition) is 7. The Hall–Kier alpha value is -2.78. The SMILES string of the molecule is Cc1c(Oc2ccc(CC(=O)NCCO)cc2F)ncnc1OC1CCNCC1. The largest absolute Gasteiger partial charge is 0.474 e. The highest BCUT2D eigenvalue weighted by molar-refractivity contribution is 5.78. The van der Waals surface area contributed by atoms with Gasteiger partial charge in [0.05, 0.1) is 18.6 Å². The smallest absolute Gasteiger partial charge is 0.229 e. The first-order valence-corrected chi connectivity index (χ1v) is 9.59. The lowest BCUT2D eigenvalue weighted by Crippen LogP contribution is -2.34. The Morgan fingerprint density at radius 2 is 2.07 bits per heavy atom. The van der Waals surface area contributed by atoms with Gasteiger partial charge in [-0.25, -0.2) is 14.4 Å². The summed E-state index contributed by atoms with van der Waals surface area (Å²) < 4.78 is 26.1. The molecule has 0 atom stereocenters. The van der Waals surface area contributed by atoms with Crippen LogP contribution in [0.15, 0.2) is 24.5 Å². The lowest BCUT2D eigenvalue weighted by Gasteiger charge is -2.24. The molecular formula is C20H25FN4O4. The average molecular weight is 404 g/mol. The van der Waals surface area contributed by atoms with Gasteiger partial charge in [-0.1, -0.05) is 6.07 Å². The second-order valence-electron chi connectivity index (χ2n) is 6.79. The molecule has 1 fully saturated rings. The van der Waals surface area contributed by atoms with Gasteiger partial charge in [0.2, 0.25) is 17.7 Å². The fourth-order valence-electron chi connectivity index (χ4n) is 3.00. The lowest BCUT2D eigenvalue weighted by molar-refractivity contribution is -0.120. The summed E-state index contributed by atoms with van der Waals surface area (Å²) in [6, 6.07) is 4.32. The molecule has 8 nitrogen and oxygen atoms in total. The monoisotopic (exact) mass is 404 g/mol. The van der Waals surface area contributed by atoms with Crippen molar-refractivity contribution in [1.82, 2.24) is 20.6 Å². The second-order valence-corrected chi connectivity index (χ2v) is 6.79. The van der Waals surface area contributed by atoms with Crippen LogP contribution in [-0.4, -0.2) is 53.3 Å². The molecule has 156 valence electrons. The van der Waals surface area contributed by atoms with Crippen molar-refractivity contribution in [3.8, 4) is 17.5 Å². The van der Waals surface area contributed by atoms with Gasteiger partial charge < -0.3 is 25.2 Å². The van der Waals surface area contributed by atoms with Crippen molar-refractivity contribution in [2.75, 3.05) is 26.2 Å². The number of hydrogen-bond donors (Lipinski definition) is 3. The molecule has 0 radical (unpaired) electrons. The summed E-state index contributed by atoms with van der Waals surface area (Å²) in [5.74, 6) is -0.246. The van der Waals surface area contributed by atoms with Gasteiger partial charge in [0.1, 0.15) is 12.4 Å². The summed E-state index contributed by atoms with van der Waals surface area (Å²) in [5, 5.41) is 14.5. The van der Waals surface area contributed by atoms with Crippen molar-refractivity contribution in [1.29, 1.82) is 0 Å². The van der Waals surface area contributed by atoms with Gasteiger partial charge in [0, 0.05) is 6.54 Å². The van der Waals surface area contributed by atoms with Gasteiger partial charge in [0.15, 0.2) is 11.6 Å². The number of nitrogens with zero attached hydrogens (tertiary/aromatic N) is 2. The maximum absolute atomic E-state index is 14.5. The molecule has 1 amide bonds. The van der Waals surface area contributed by atoms with Crippen LogP contribution in [0.1, 0.15) is 24.0 Å². The van der Waals surface area contributed by atoms with E-state index in [9.17, 15) is 9.18 Å². The number of benzene rings is 1. The molecule has 1 aliphatic heterocycles. The fraction of sp³-hybridized carbons (Fsp3) is 0.450. The minimum absolute atomic E-state index is 0.000803. The van der Waals surface area contributed by atoms with Gasteiger partial charge in [-0.2, -0.15) is 0 Å². The molecule has 3 rings (SSSR count). The van der Waals surface area contributed by atoms with E-state index in [4.69, 9.17) is 14.6 Å². The van der Waals surface area contributed by atoms with Gasteiger partial charge in [-0.15, -0.1) is 0 Å². The number of amides is 1. The molecule has 0 spiro atoms. The first-order valence-electron chi connectivity index (χ1n) is 9.59. The summed E-state index contributed by atoms with van der Waals surface area (Å²) in [6.45, 7) is 3.58. The molecule has 0 unspecified atom stereocenters. The topological polar surface area (TPSA) is 106 Å². The Morgan fingerprint density at radius 1 is 1.31 bits per heavy atom. The number of ether oxygens (including phenoxy) is 2. The number of aliphatic hydroxyl groups excluding tert-OH is 1. The molecule has 0 bridgehead atoms. The highest BCUT2D eigenvalue weighted by atomic mass is 19.1. The molecular weight excluding hydrogens is 379 g/mol. The number of nitrogens with one attached hydrogen (secondary N) is 2. The minimum Gasteiger partial charge on any atom is -0.474 e. The highest BCUT2D eigenvalue weighted by Crippen LogP contribution is 2.30. The Labute approximate surface area is 168 Å². The maximum atomic E-state index is 14.5. The van der Waals surface area contributed by atoms with Crippen molar-refractivity contribution in [3.05, 3.63) is 41.5 Å². The number of halogens is 1. The second kappa shape index (κ2) is 10.1. The van der Waals surface area contributed by atoms with Crippen LogP contribution in [0.3, 0.4) is 0 Å². The normalized spacial score (nSPS) is 14.4. The van der Waals surface area contributed by atoms with Crippen LogP contribution in [-0.2, 0) is 11.2 Å². The predicted molar refractivity (Wildman–Crippen MR) is 104 cm³/mol. The predicted octanol–water partition coefficient (Wildman–Crippen LogP) is 1.50. The van der Waals surface area contributed by atoms with E-state index in [-0.39, 0.29) is 43.2 Å². The average Bonchev–Trinajstić information content (AvgIpc) is 2.72. The molecule has 1 aliphatic rings. The summed E-state index contributed by atoms with van der Waals surface area (Å²) in [6.07, 6.45) is 3.20. The van der Waals surface area contributed by atoms with Crippen LogP contribution < -0.4 is 20.1 Å². The van der Waals surface area contributed by atoms with E-state index in [1.807, 2.05) is 0 Å². The molecule has 1 aromatic carbocycles. The maximum Gasteiger partial charge on any atom is 0.229 e. The van der Waals surface area contributed by atoms with Crippen molar-refractivity contribution in [2.24, 2.45) is 0 Å². The molecule has 0 saturated carbocycles. The van der Waals surface area contributed by atoms with Gasteiger partial charge in [-0.05, 0) is 50.6 Å². The molecule has 9 heteroatoms. The van der Waals surface area contributed by atoms with E-state index in [0.29, 0.717) is 17.0 Å². The zero-order chi connectivity index (χ0) is 20.6. The highest BCUT2D eigenvalue weighted by Gasteiger charge is 2.19. The molecule has 2 heterocycles. The summed E-state index contributed by atoms with van der Waals surface area (Å²) in [5.41, 5.74) is 1.09. The molecule has 1 saturated heterocycles. The van der Waals surface area contributed by atoms with E-state index in [2.05, 4.69) is 20.6 Å². The zero-order valence-electron chi connectivity index (χ0n) is 16.3. The molecule has 29 heavy (non-hydrogen) atoms. The van der Waals surface area contributed by atoms with Crippen LogP contribution in [0, 0.1) is 12.7 Å². The Morgan fingerprint density at radius 3 is 2.79 bits per heavy atom. The zero-order valence-corrected chi connectivity index (χ0v) is 16.3. The van der Waals surface area contributed by atoms with Crippen LogP contribution in [0.5, 0.6) is 17.5 Å². The van der Waals surface area contributed by atoms with Crippen LogP contribution in [0.4, 0.5) is 4.39 Å². The Balaban J connectivity index is 1.67. The van der Waals surface area contributed by atoms with Crippen LogP contribution in [0.25, 0.3) is 0 Å². The molecule has 1 aromatic heterocycles. The lowest BCUT2D eigenvalue weighted by atomic mass is 10.1. The first kappa shape index (κ1) is 20.9. The molecule has 3 N–H and O–H groups in total. The minimum atomic E-state index is -0.601. The van der Waals surface area contributed by atoms with Crippen molar-refractivity contribution < 1.29 is 23.8 Å². The summed E-state index contributed by atoms with van der Waals surface area (Å²) in [4.78, 5) is 20.0. The van der Waals surface area contributed by atoms with E-state index < -0.39 is 5.82 Å². The Bertz CT molecular complexity index is 843. The van der Waals surface area contributed by atoms with Crippen LogP contribution >= 0.6 is 0 Å². The van der Waals surface area contributed by atoms with Gasteiger partial charge in [0.25, 0.3) is 0 Å². The fourth-order valence-corrected chi connectivity index (χ4v) is 3.00. The Kier molecular flexibility index (Phi) is 7.31. The van der Waals surface area contributed by atoms with E-state index in [0.717, 1.165) is 25.9 Å². The number of piperidine rings is 1.